The molecule has 8 heteroatoms. The number of fused-ring (bicyclic) bond motifs is 1. The average molecular weight is 502 g/mol. The maximum atomic E-state index is 13.7. The summed E-state index contributed by atoms with van der Waals surface area (Å²) >= 11 is 0. The summed E-state index contributed by atoms with van der Waals surface area (Å²) in [5.41, 5.74) is 4.82. The van der Waals surface area contributed by atoms with Crippen molar-refractivity contribution < 1.29 is 23.8 Å². The zero-order valence-corrected chi connectivity index (χ0v) is 21.5. The third kappa shape index (κ3) is 4.43. The number of aromatic nitrogens is 2. The third-order valence-corrected chi connectivity index (χ3v) is 6.52. The molecule has 0 radical (unpaired) electrons. The second kappa shape index (κ2) is 10.0. The number of benzene rings is 2. The molecule has 1 aliphatic heterocycles. The fourth-order valence-electron chi connectivity index (χ4n) is 4.92. The van der Waals surface area contributed by atoms with Crippen molar-refractivity contribution in [1.29, 1.82) is 0 Å². The van der Waals surface area contributed by atoms with Crippen LogP contribution in [0, 0.1) is 13.8 Å². The molecule has 0 fully saturated rings. The van der Waals surface area contributed by atoms with Crippen LogP contribution in [-0.4, -0.2) is 39.3 Å². The van der Waals surface area contributed by atoms with E-state index in [2.05, 4.69) is 17.1 Å². The smallest absolute Gasteiger partial charge is 0.273 e. The molecule has 192 valence electrons. The minimum atomic E-state index is -0.485. The largest absolute Gasteiger partial charge is 0.507 e. The van der Waals surface area contributed by atoms with Crippen LogP contribution >= 0.6 is 0 Å². The SMILES string of the molecule is CCCOc1ccc(C2c3c(-c4cc(C)cc(C)c4O)n[nH]c3C(=O)N2Cc2ccco2)cc1OCC. The highest BCUT2D eigenvalue weighted by molar-refractivity contribution is 6.00. The van der Waals surface area contributed by atoms with E-state index in [4.69, 9.17) is 13.9 Å². The van der Waals surface area contributed by atoms with Gasteiger partial charge in [-0.1, -0.05) is 19.1 Å². The Morgan fingerprint density at radius 2 is 1.95 bits per heavy atom. The molecular weight excluding hydrogens is 470 g/mol. The molecule has 0 spiro atoms. The number of aromatic hydroxyl groups is 1. The van der Waals surface area contributed by atoms with Crippen molar-refractivity contribution in [1.82, 2.24) is 15.1 Å². The predicted octanol–water partition coefficient (Wildman–Crippen LogP) is 5.93. The maximum absolute atomic E-state index is 13.7. The number of rotatable bonds is 9. The number of H-pyrrole nitrogens is 1. The number of aromatic amines is 1. The number of aryl methyl sites for hydroxylation is 2. The molecule has 2 aromatic heterocycles. The highest BCUT2D eigenvalue weighted by atomic mass is 16.5. The maximum Gasteiger partial charge on any atom is 0.273 e. The van der Waals surface area contributed by atoms with Crippen LogP contribution in [0.1, 0.15) is 64.8 Å². The van der Waals surface area contributed by atoms with Gasteiger partial charge in [-0.05, 0) is 74.2 Å². The van der Waals surface area contributed by atoms with E-state index < -0.39 is 6.04 Å². The first-order chi connectivity index (χ1) is 17.9. The lowest BCUT2D eigenvalue weighted by molar-refractivity contribution is 0.0716. The van der Waals surface area contributed by atoms with Crippen LogP contribution < -0.4 is 9.47 Å². The number of amides is 1. The van der Waals surface area contributed by atoms with Gasteiger partial charge in [0, 0.05) is 11.1 Å². The number of ether oxygens (including phenoxy) is 2. The first-order valence-electron chi connectivity index (χ1n) is 12.5. The zero-order valence-electron chi connectivity index (χ0n) is 21.5. The summed E-state index contributed by atoms with van der Waals surface area (Å²) in [5.74, 6) is 1.90. The molecule has 1 unspecified atom stereocenters. The summed E-state index contributed by atoms with van der Waals surface area (Å²) in [4.78, 5) is 15.4. The predicted molar refractivity (Wildman–Crippen MR) is 139 cm³/mol. The van der Waals surface area contributed by atoms with E-state index in [9.17, 15) is 9.90 Å². The third-order valence-electron chi connectivity index (χ3n) is 6.52. The Morgan fingerprint density at radius 3 is 2.68 bits per heavy atom. The highest BCUT2D eigenvalue weighted by Crippen LogP contribution is 2.47. The second-order valence-electron chi connectivity index (χ2n) is 9.24. The molecule has 0 aliphatic carbocycles. The van der Waals surface area contributed by atoms with Crippen molar-refractivity contribution in [2.45, 2.75) is 46.7 Å². The van der Waals surface area contributed by atoms with E-state index >= 15 is 0 Å². The molecule has 0 bridgehead atoms. The number of hydrogen-bond donors (Lipinski definition) is 2. The van der Waals surface area contributed by atoms with Gasteiger partial charge in [-0.3, -0.25) is 9.89 Å². The van der Waals surface area contributed by atoms with Gasteiger partial charge < -0.3 is 23.9 Å². The van der Waals surface area contributed by atoms with E-state index in [1.807, 2.05) is 57.2 Å². The average Bonchev–Trinajstić information content (AvgIpc) is 3.60. The van der Waals surface area contributed by atoms with Gasteiger partial charge in [-0.2, -0.15) is 5.10 Å². The summed E-state index contributed by atoms with van der Waals surface area (Å²) in [6.07, 6.45) is 2.47. The molecule has 0 saturated heterocycles. The number of hydrogen-bond acceptors (Lipinski definition) is 6. The summed E-state index contributed by atoms with van der Waals surface area (Å²) in [5, 5.41) is 18.4. The number of carbonyl (C=O) groups excluding carboxylic acids is 1. The quantitative estimate of drug-likeness (QED) is 0.295. The molecule has 1 amide bonds. The van der Waals surface area contributed by atoms with Crippen molar-refractivity contribution in [2.24, 2.45) is 0 Å². The topological polar surface area (TPSA) is 101 Å². The zero-order chi connectivity index (χ0) is 26.1. The Bertz CT molecular complexity index is 1420. The Hall–Kier alpha value is -4.20. The van der Waals surface area contributed by atoms with Gasteiger partial charge >= 0.3 is 0 Å². The summed E-state index contributed by atoms with van der Waals surface area (Å²) < 4.78 is 17.4. The standard InChI is InChI=1S/C29H31N3O5/c1-5-11-37-22-10-9-19(15-23(22)35-6-2)27-24-25(21-14-17(3)13-18(4)28(21)33)30-31-26(24)29(34)32(27)16-20-8-7-12-36-20/h7-10,12-15,27,33H,5-6,11,16H2,1-4H3,(H,30,31). The first kappa shape index (κ1) is 24.5. The molecule has 4 aromatic rings. The second-order valence-corrected chi connectivity index (χ2v) is 9.24. The number of carbonyl (C=O) groups is 1. The summed E-state index contributed by atoms with van der Waals surface area (Å²) in [6, 6.07) is 12.7. The van der Waals surface area contributed by atoms with Crippen molar-refractivity contribution in [3.8, 4) is 28.5 Å². The molecule has 5 rings (SSSR count). The monoisotopic (exact) mass is 501 g/mol. The van der Waals surface area contributed by atoms with Crippen LogP contribution in [0.25, 0.3) is 11.3 Å². The number of phenols is 1. The minimum absolute atomic E-state index is 0.147. The molecule has 2 aromatic carbocycles. The Morgan fingerprint density at radius 1 is 1.11 bits per heavy atom. The molecule has 1 atom stereocenters. The Kier molecular flexibility index (Phi) is 6.65. The number of nitrogens with zero attached hydrogens (tertiary/aromatic N) is 2. The minimum Gasteiger partial charge on any atom is -0.507 e. The molecule has 3 heterocycles. The van der Waals surface area contributed by atoms with E-state index in [-0.39, 0.29) is 18.2 Å². The van der Waals surface area contributed by atoms with Gasteiger partial charge in [-0.25, -0.2) is 0 Å². The molecule has 8 nitrogen and oxygen atoms in total. The van der Waals surface area contributed by atoms with Gasteiger partial charge in [0.15, 0.2) is 11.5 Å². The fraction of sp³-hybridized carbons (Fsp3) is 0.310. The Balaban J connectivity index is 1.67. The van der Waals surface area contributed by atoms with Gasteiger partial charge in [-0.15, -0.1) is 0 Å². The fourth-order valence-corrected chi connectivity index (χ4v) is 4.92. The Labute approximate surface area is 215 Å². The molecule has 1 aliphatic rings. The van der Waals surface area contributed by atoms with Crippen LogP contribution in [0.3, 0.4) is 0 Å². The summed E-state index contributed by atoms with van der Waals surface area (Å²) in [7, 11) is 0. The van der Waals surface area contributed by atoms with Crippen LogP contribution in [0.15, 0.2) is 53.1 Å². The molecule has 0 saturated carbocycles. The van der Waals surface area contributed by atoms with Gasteiger partial charge in [0.05, 0.1) is 32.1 Å². The highest BCUT2D eigenvalue weighted by Gasteiger charge is 2.43. The molecular formula is C29H31N3O5. The molecule has 37 heavy (non-hydrogen) atoms. The first-order valence-corrected chi connectivity index (χ1v) is 12.5. The van der Waals surface area contributed by atoms with E-state index in [1.165, 1.54) is 0 Å². The summed E-state index contributed by atoms with van der Waals surface area (Å²) in [6.45, 7) is 9.13. The number of phenolic OH excluding ortho intramolecular Hbond substituents is 1. The van der Waals surface area contributed by atoms with Gasteiger partial charge in [0.1, 0.15) is 22.9 Å². The van der Waals surface area contributed by atoms with Crippen LogP contribution in [0.5, 0.6) is 17.2 Å². The van der Waals surface area contributed by atoms with E-state index in [0.29, 0.717) is 53.0 Å². The lowest BCUT2D eigenvalue weighted by atomic mass is 9.94. The van der Waals surface area contributed by atoms with Crippen LogP contribution in [0.2, 0.25) is 0 Å². The normalized spacial score (nSPS) is 14.8. The van der Waals surface area contributed by atoms with Crippen LogP contribution in [-0.2, 0) is 6.54 Å². The van der Waals surface area contributed by atoms with Crippen molar-refractivity contribution in [3.05, 3.63) is 82.4 Å². The van der Waals surface area contributed by atoms with Crippen molar-refractivity contribution in [2.75, 3.05) is 13.2 Å². The van der Waals surface area contributed by atoms with Gasteiger partial charge in [0.25, 0.3) is 5.91 Å². The van der Waals surface area contributed by atoms with E-state index in [1.54, 1.807) is 17.2 Å². The number of furan rings is 1. The molecule has 2 N–H and O–H groups in total. The van der Waals surface area contributed by atoms with Crippen molar-refractivity contribution >= 4 is 5.91 Å². The van der Waals surface area contributed by atoms with Gasteiger partial charge in [0.2, 0.25) is 0 Å². The lowest BCUT2D eigenvalue weighted by Gasteiger charge is -2.26. The lowest BCUT2D eigenvalue weighted by Crippen LogP contribution is -2.29. The van der Waals surface area contributed by atoms with Crippen molar-refractivity contribution in [3.63, 3.8) is 0 Å². The van der Waals surface area contributed by atoms with E-state index in [0.717, 1.165) is 23.1 Å². The number of nitrogens with one attached hydrogen (secondary N) is 1. The van der Waals surface area contributed by atoms with Crippen LogP contribution in [0.4, 0.5) is 0 Å².